The topological polar surface area (TPSA) is 35.5 Å². The van der Waals surface area contributed by atoms with Gasteiger partial charge in [-0.2, -0.15) is 0 Å². The molecule has 0 spiro atoms. The Morgan fingerprint density at radius 1 is 1.26 bits per heavy atom. The van der Waals surface area contributed by atoms with Crippen molar-refractivity contribution in [1.82, 2.24) is 10.2 Å². The summed E-state index contributed by atoms with van der Waals surface area (Å²) < 4.78 is 0. The Kier molecular flexibility index (Phi) is 7.96. The summed E-state index contributed by atoms with van der Waals surface area (Å²) in [6, 6.07) is 0. The van der Waals surface area contributed by atoms with E-state index in [0.29, 0.717) is 0 Å². The summed E-state index contributed by atoms with van der Waals surface area (Å²) in [5, 5.41) is 13.1. The summed E-state index contributed by atoms with van der Waals surface area (Å²) in [6.07, 6.45) is 7.38. The van der Waals surface area contributed by atoms with Crippen LogP contribution in [0.15, 0.2) is 0 Å². The zero-order chi connectivity index (χ0) is 14.1. The number of hydrogen-bond donors (Lipinski definition) is 2. The highest BCUT2D eigenvalue weighted by molar-refractivity contribution is 4.86. The standard InChI is InChI=1S/C16H34N2O/c1-4-16(14-19,17-5-2)10-7-12-18-11-6-8-15(3)9-13-18/h15,17,19H,4-14H2,1-3H3. The molecule has 19 heavy (non-hydrogen) atoms. The highest BCUT2D eigenvalue weighted by Crippen LogP contribution is 2.20. The monoisotopic (exact) mass is 270 g/mol. The minimum absolute atomic E-state index is 0.0477. The number of aliphatic hydroxyl groups is 1. The Bertz CT molecular complexity index is 229. The van der Waals surface area contributed by atoms with E-state index in [1.165, 1.54) is 45.3 Å². The molecule has 1 saturated heterocycles. The lowest BCUT2D eigenvalue weighted by molar-refractivity contribution is 0.140. The number of likely N-dealkylation sites (tertiary alicyclic amines) is 1. The van der Waals surface area contributed by atoms with Crippen LogP contribution in [0.1, 0.15) is 59.3 Å². The average molecular weight is 270 g/mol. The van der Waals surface area contributed by atoms with Gasteiger partial charge in [-0.05, 0) is 70.6 Å². The van der Waals surface area contributed by atoms with Gasteiger partial charge in [-0.1, -0.05) is 20.8 Å². The maximum absolute atomic E-state index is 9.65. The van der Waals surface area contributed by atoms with Crippen LogP contribution in [0.5, 0.6) is 0 Å². The lowest BCUT2D eigenvalue weighted by atomic mass is 9.91. The molecule has 0 aromatic rings. The second-order valence-electron chi connectivity index (χ2n) is 6.30. The number of likely N-dealkylation sites (N-methyl/N-ethyl adjacent to an activating group) is 1. The summed E-state index contributed by atoms with van der Waals surface area (Å²) in [5.74, 6) is 0.902. The van der Waals surface area contributed by atoms with Gasteiger partial charge in [0.25, 0.3) is 0 Å². The number of aliphatic hydroxyl groups excluding tert-OH is 1. The van der Waals surface area contributed by atoms with Crippen LogP contribution in [0, 0.1) is 5.92 Å². The second kappa shape index (κ2) is 8.93. The first kappa shape index (κ1) is 16.9. The molecular formula is C16H34N2O. The van der Waals surface area contributed by atoms with Crippen molar-refractivity contribution in [2.24, 2.45) is 5.92 Å². The third kappa shape index (κ3) is 5.80. The van der Waals surface area contributed by atoms with Crippen LogP contribution in [0.25, 0.3) is 0 Å². The van der Waals surface area contributed by atoms with Crippen LogP contribution in [-0.4, -0.2) is 48.3 Å². The SMILES string of the molecule is CCNC(CC)(CO)CCCN1CCCC(C)CC1. The Morgan fingerprint density at radius 2 is 2.05 bits per heavy atom. The van der Waals surface area contributed by atoms with E-state index in [1.807, 2.05) is 0 Å². The molecule has 1 fully saturated rings. The van der Waals surface area contributed by atoms with E-state index in [9.17, 15) is 5.11 Å². The molecule has 1 rings (SSSR count). The molecule has 114 valence electrons. The van der Waals surface area contributed by atoms with Gasteiger partial charge < -0.3 is 15.3 Å². The third-order valence-electron chi connectivity index (χ3n) is 4.77. The first-order valence-electron chi connectivity index (χ1n) is 8.24. The molecular weight excluding hydrogens is 236 g/mol. The molecule has 0 aromatic heterocycles. The molecule has 2 atom stereocenters. The predicted molar refractivity (Wildman–Crippen MR) is 82.5 cm³/mol. The summed E-state index contributed by atoms with van der Waals surface area (Å²) in [6.45, 7) is 11.6. The van der Waals surface area contributed by atoms with E-state index in [-0.39, 0.29) is 12.1 Å². The number of rotatable bonds is 8. The lowest BCUT2D eigenvalue weighted by Gasteiger charge is -2.32. The molecule has 2 N–H and O–H groups in total. The highest BCUT2D eigenvalue weighted by Gasteiger charge is 2.25. The van der Waals surface area contributed by atoms with Crippen molar-refractivity contribution in [2.75, 3.05) is 32.8 Å². The van der Waals surface area contributed by atoms with Crippen LogP contribution >= 0.6 is 0 Å². The molecule has 3 heteroatoms. The van der Waals surface area contributed by atoms with Gasteiger partial charge in [-0.25, -0.2) is 0 Å². The zero-order valence-electron chi connectivity index (χ0n) is 13.2. The normalized spacial score (nSPS) is 24.9. The van der Waals surface area contributed by atoms with E-state index in [1.54, 1.807) is 0 Å². The Labute approximate surface area is 119 Å². The Hall–Kier alpha value is -0.120. The Balaban J connectivity index is 2.31. The highest BCUT2D eigenvalue weighted by atomic mass is 16.3. The van der Waals surface area contributed by atoms with Crippen LogP contribution < -0.4 is 5.32 Å². The van der Waals surface area contributed by atoms with E-state index in [0.717, 1.165) is 25.3 Å². The van der Waals surface area contributed by atoms with Crippen molar-refractivity contribution in [3.8, 4) is 0 Å². The minimum Gasteiger partial charge on any atom is -0.394 e. The molecule has 1 heterocycles. The molecule has 0 bridgehead atoms. The fourth-order valence-corrected chi connectivity index (χ4v) is 3.20. The quantitative estimate of drug-likeness (QED) is 0.712. The van der Waals surface area contributed by atoms with Crippen molar-refractivity contribution in [2.45, 2.75) is 64.8 Å². The molecule has 2 unspecified atom stereocenters. The third-order valence-corrected chi connectivity index (χ3v) is 4.77. The summed E-state index contributed by atoms with van der Waals surface area (Å²) in [7, 11) is 0. The number of hydrogen-bond acceptors (Lipinski definition) is 3. The lowest BCUT2D eigenvalue weighted by Crippen LogP contribution is -2.48. The molecule has 0 aromatic carbocycles. The van der Waals surface area contributed by atoms with Crippen molar-refractivity contribution in [1.29, 1.82) is 0 Å². The molecule has 0 saturated carbocycles. The molecule has 0 aliphatic carbocycles. The minimum atomic E-state index is -0.0477. The zero-order valence-corrected chi connectivity index (χ0v) is 13.2. The van der Waals surface area contributed by atoms with Crippen LogP contribution in [-0.2, 0) is 0 Å². The second-order valence-corrected chi connectivity index (χ2v) is 6.30. The molecule has 0 amide bonds. The fourth-order valence-electron chi connectivity index (χ4n) is 3.20. The molecule has 1 aliphatic heterocycles. The van der Waals surface area contributed by atoms with Crippen molar-refractivity contribution in [3.05, 3.63) is 0 Å². The van der Waals surface area contributed by atoms with Gasteiger partial charge in [-0.15, -0.1) is 0 Å². The van der Waals surface area contributed by atoms with E-state index in [4.69, 9.17) is 0 Å². The first-order valence-corrected chi connectivity index (χ1v) is 8.24. The van der Waals surface area contributed by atoms with Gasteiger partial charge in [0.2, 0.25) is 0 Å². The maximum Gasteiger partial charge on any atom is 0.0613 e. The van der Waals surface area contributed by atoms with Crippen molar-refractivity contribution in [3.63, 3.8) is 0 Å². The van der Waals surface area contributed by atoms with E-state index in [2.05, 4.69) is 31.0 Å². The Morgan fingerprint density at radius 3 is 2.68 bits per heavy atom. The molecule has 3 nitrogen and oxygen atoms in total. The van der Waals surface area contributed by atoms with Gasteiger partial charge in [0.05, 0.1) is 6.61 Å². The predicted octanol–water partition coefficient (Wildman–Crippen LogP) is 2.64. The largest absolute Gasteiger partial charge is 0.394 e. The average Bonchev–Trinajstić information content (AvgIpc) is 2.63. The fraction of sp³-hybridized carbons (Fsp3) is 1.00. The van der Waals surface area contributed by atoms with Crippen LogP contribution in [0.2, 0.25) is 0 Å². The number of nitrogens with one attached hydrogen (secondary N) is 1. The summed E-state index contributed by atoms with van der Waals surface area (Å²) >= 11 is 0. The van der Waals surface area contributed by atoms with E-state index < -0.39 is 0 Å². The van der Waals surface area contributed by atoms with E-state index >= 15 is 0 Å². The van der Waals surface area contributed by atoms with Crippen molar-refractivity contribution >= 4 is 0 Å². The van der Waals surface area contributed by atoms with Crippen LogP contribution in [0.3, 0.4) is 0 Å². The number of nitrogens with zero attached hydrogens (tertiary/aromatic N) is 1. The first-order chi connectivity index (χ1) is 9.15. The van der Waals surface area contributed by atoms with Gasteiger partial charge in [0.15, 0.2) is 0 Å². The molecule has 1 aliphatic rings. The molecule has 0 radical (unpaired) electrons. The van der Waals surface area contributed by atoms with Crippen molar-refractivity contribution < 1.29 is 5.11 Å². The smallest absolute Gasteiger partial charge is 0.0613 e. The summed E-state index contributed by atoms with van der Waals surface area (Å²) in [5.41, 5.74) is -0.0477. The van der Waals surface area contributed by atoms with Gasteiger partial charge in [-0.3, -0.25) is 0 Å². The van der Waals surface area contributed by atoms with Crippen LogP contribution in [0.4, 0.5) is 0 Å². The van der Waals surface area contributed by atoms with Gasteiger partial charge in [0, 0.05) is 5.54 Å². The maximum atomic E-state index is 9.65. The van der Waals surface area contributed by atoms with Gasteiger partial charge in [0.1, 0.15) is 0 Å². The summed E-state index contributed by atoms with van der Waals surface area (Å²) in [4.78, 5) is 2.62. The van der Waals surface area contributed by atoms with Gasteiger partial charge >= 0.3 is 0 Å².